The van der Waals surface area contributed by atoms with Gasteiger partial charge in [-0.15, -0.1) is 0 Å². The number of nitrogens with one attached hydrogen (secondary N) is 1. The molecule has 0 spiro atoms. The van der Waals surface area contributed by atoms with Gasteiger partial charge in [0.15, 0.2) is 0 Å². The van der Waals surface area contributed by atoms with E-state index in [0.29, 0.717) is 13.0 Å². The molecule has 0 radical (unpaired) electrons. The lowest BCUT2D eigenvalue weighted by atomic mass is 10.2. The maximum atomic E-state index is 11.8. The minimum Gasteiger partial charge on any atom is -0.394 e. The first-order valence-corrected chi connectivity index (χ1v) is 5.65. The molecule has 18 heavy (non-hydrogen) atoms. The van der Waals surface area contributed by atoms with Crippen LogP contribution in [0.3, 0.4) is 0 Å². The molecule has 0 aliphatic rings. The van der Waals surface area contributed by atoms with Crippen molar-refractivity contribution in [1.29, 1.82) is 0 Å². The Morgan fingerprint density at radius 3 is 2.89 bits per heavy atom. The Morgan fingerprint density at radius 1 is 1.61 bits per heavy atom. The van der Waals surface area contributed by atoms with Gasteiger partial charge in [-0.2, -0.15) is 0 Å². The molecular formula is C12H18N2O4. The summed E-state index contributed by atoms with van der Waals surface area (Å²) < 4.78 is 6.26. The highest BCUT2D eigenvalue weighted by molar-refractivity contribution is 5.94. The highest BCUT2D eigenvalue weighted by Gasteiger charge is 2.13. The number of aryl methyl sites for hydroxylation is 1. The van der Waals surface area contributed by atoms with Crippen LogP contribution in [0.4, 0.5) is 0 Å². The number of methoxy groups -OCH3 is 1. The van der Waals surface area contributed by atoms with Crippen LogP contribution in [-0.2, 0) is 11.8 Å². The van der Waals surface area contributed by atoms with Gasteiger partial charge in [-0.05, 0) is 12.5 Å². The Bertz CT molecular complexity index is 456. The molecule has 1 atom stereocenters. The largest absolute Gasteiger partial charge is 0.394 e. The summed E-state index contributed by atoms with van der Waals surface area (Å²) >= 11 is 0. The fourth-order valence-electron chi connectivity index (χ4n) is 1.43. The van der Waals surface area contributed by atoms with Gasteiger partial charge in [-0.25, -0.2) is 0 Å². The summed E-state index contributed by atoms with van der Waals surface area (Å²) in [6.45, 7) is 0.280. The van der Waals surface area contributed by atoms with Gasteiger partial charge in [-0.3, -0.25) is 9.59 Å². The topological polar surface area (TPSA) is 80.6 Å². The van der Waals surface area contributed by atoms with E-state index < -0.39 is 0 Å². The minimum absolute atomic E-state index is 0.167. The summed E-state index contributed by atoms with van der Waals surface area (Å²) in [5.74, 6) is -0.372. The van der Waals surface area contributed by atoms with E-state index in [2.05, 4.69) is 5.32 Å². The standard InChI is InChI=1S/C12H18N2O4/c1-14-5-3-9(7-11(14)16)12(17)13-10(8-15)4-6-18-2/h3,5,7,10,15H,4,6,8H2,1-2H3,(H,13,17). The van der Waals surface area contributed by atoms with E-state index in [9.17, 15) is 9.59 Å². The van der Waals surface area contributed by atoms with Gasteiger partial charge in [0, 0.05) is 38.6 Å². The lowest BCUT2D eigenvalue weighted by Gasteiger charge is -2.15. The SMILES string of the molecule is COCCC(CO)NC(=O)c1ccn(C)c(=O)c1. The maximum absolute atomic E-state index is 11.8. The van der Waals surface area contributed by atoms with Crippen molar-refractivity contribution in [3.8, 4) is 0 Å². The van der Waals surface area contributed by atoms with Crippen molar-refractivity contribution in [2.45, 2.75) is 12.5 Å². The van der Waals surface area contributed by atoms with Crippen LogP contribution < -0.4 is 10.9 Å². The number of hydrogen-bond donors (Lipinski definition) is 2. The average Bonchev–Trinajstić information content (AvgIpc) is 2.37. The van der Waals surface area contributed by atoms with Crippen LogP contribution >= 0.6 is 0 Å². The number of hydrogen-bond acceptors (Lipinski definition) is 4. The number of amides is 1. The first kappa shape index (κ1) is 14.4. The van der Waals surface area contributed by atoms with Crippen molar-refractivity contribution in [1.82, 2.24) is 9.88 Å². The second kappa shape index (κ2) is 6.93. The molecule has 1 aromatic rings. The fraction of sp³-hybridized carbons (Fsp3) is 0.500. The van der Waals surface area contributed by atoms with E-state index in [4.69, 9.17) is 9.84 Å². The van der Waals surface area contributed by atoms with Gasteiger partial charge in [0.05, 0.1) is 12.6 Å². The number of ether oxygens (including phenoxy) is 1. The zero-order chi connectivity index (χ0) is 13.5. The number of carbonyl (C=O) groups is 1. The highest BCUT2D eigenvalue weighted by atomic mass is 16.5. The van der Waals surface area contributed by atoms with Crippen LogP contribution in [0.2, 0.25) is 0 Å². The number of aliphatic hydroxyl groups is 1. The van der Waals surface area contributed by atoms with E-state index in [1.165, 1.54) is 16.8 Å². The Hall–Kier alpha value is -1.66. The molecule has 6 heteroatoms. The maximum Gasteiger partial charge on any atom is 0.251 e. The lowest BCUT2D eigenvalue weighted by Crippen LogP contribution is -2.38. The highest BCUT2D eigenvalue weighted by Crippen LogP contribution is 1.98. The average molecular weight is 254 g/mol. The van der Waals surface area contributed by atoms with Crippen molar-refractivity contribution in [2.75, 3.05) is 20.3 Å². The summed E-state index contributed by atoms with van der Waals surface area (Å²) in [7, 11) is 3.16. The summed E-state index contributed by atoms with van der Waals surface area (Å²) in [5, 5.41) is 11.8. The van der Waals surface area contributed by atoms with Gasteiger partial charge in [0.2, 0.25) is 0 Å². The van der Waals surface area contributed by atoms with Crippen molar-refractivity contribution < 1.29 is 14.6 Å². The van der Waals surface area contributed by atoms with Crippen LogP contribution in [0, 0.1) is 0 Å². The van der Waals surface area contributed by atoms with Gasteiger partial charge in [-0.1, -0.05) is 0 Å². The van der Waals surface area contributed by atoms with Crippen LogP contribution in [0.15, 0.2) is 23.1 Å². The summed E-state index contributed by atoms with van der Waals surface area (Å²) in [4.78, 5) is 23.2. The number of rotatable bonds is 6. The molecule has 1 heterocycles. The van der Waals surface area contributed by atoms with Crippen LogP contribution in [-0.4, -0.2) is 41.9 Å². The third kappa shape index (κ3) is 3.97. The smallest absolute Gasteiger partial charge is 0.251 e. The Morgan fingerprint density at radius 2 is 2.33 bits per heavy atom. The second-order valence-electron chi connectivity index (χ2n) is 4.00. The third-order valence-electron chi connectivity index (χ3n) is 2.59. The molecule has 1 unspecified atom stereocenters. The van der Waals surface area contributed by atoms with Crippen LogP contribution in [0.1, 0.15) is 16.8 Å². The van der Waals surface area contributed by atoms with Crippen molar-refractivity contribution in [2.24, 2.45) is 7.05 Å². The molecule has 100 valence electrons. The number of pyridine rings is 1. The lowest BCUT2D eigenvalue weighted by molar-refractivity contribution is 0.0894. The second-order valence-corrected chi connectivity index (χ2v) is 4.00. The molecule has 0 aromatic carbocycles. The van der Waals surface area contributed by atoms with E-state index >= 15 is 0 Å². The predicted octanol–water partition coefficient (Wildman–Crippen LogP) is -0.488. The number of carbonyl (C=O) groups excluding carboxylic acids is 1. The van der Waals surface area contributed by atoms with Gasteiger partial charge in [0.1, 0.15) is 0 Å². The molecule has 0 fully saturated rings. The van der Waals surface area contributed by atoms with E-state index in [1.54, 1.807) is 20.2 Å². The Kier molecular flexibility index (Phi) is 5.54. The molecule has 0 saturated carbocycles. The first-order chi connectivity index (χ1) is 8.58. The Balaban J connectivity index is 2.68. The normalized spacial score (nSPS) is 12.2. The fourth-order valence-corrected chi connectivity index (χ4v) is 1.43. The first-order valence-electron chi connectivity index (χ1n) is 5.65. The molecule has 0 aliphatic heterocycles. The molecule has 6 nitrogen and oxygen atoms in total. The van der Waals surface area contributed by atoms with Crippen molar-refractivity contribution >= 4 is 5.91 Å². The Labute approximate surface area is 105 Å². The quantitative estimate of drug-likeness (QED) is 0.718. The molecular weight excluding hydrogens is 236 g/mol. The number of aromatic nitrogens is 1. The zero-order valence-electron chi connectivity index (χ0n) is 10.5. The van der Waals surface area contributed by atoms with E-state index in [-0.39, 0.29) is 29.7 Å². The monoisotopic (exact) mass is 254 g/mol. The van der Waals surface area contributed by atoms with Crippen LogP contribution in [0.5, 0.6) is 0 Å². The minimum atomic E-state index is -0.374. The van der Waals surface area contributed by atoms with Crippen molar-refractivity contribution in [3.63, 3.8) is 0 Å². The molecule has 0 saturated heterocycles. The summed E-state index contributed by atoms with van der Waals surface area (Å²) in [6.07, 6.45) is 2.05. The van der Waals surface area contributed by atoms with Gasteiger partial charge >= 0.3 is 0 Å². The van der Waals surface area contributed by atoms with E-state index in [0.717, 1.165) is 0 Å². The molecule has 2 N–H and O–H groups in total. The van der Waals surface area contributed by atoms with Crippen molar-refractivity contribution in [3.05, 3.63) is 34.2 Å². The molecule has 1 aromatic heterocycles. The van der Waals surface area contributed by atoms with Gasteiger partial charge < -0.3 is 19.7 Å². The zero-order valence-corrected chi connectivity index (χ0v) is 10.5. The number of aliphatic hydroxyl groups excluding tert-OH is 1. The number of nitrogens with zero attached hydrogens (tertiary/aromatic N) is 1. The van der Waals surface area contributed by atoms with Gasteiger partial charge in [0.25, 0.3) is 11.5 Å². The predicted molar refractivity (Wildman–Crippen MR) is 66.5 cm³/mol. The molecule has 0 aliphatic carbocycles. The van der Waals surface area contributed by atoms with E-state index in [1.807, 2.05) is 0 Å². The molecule has 1 rings (SSSR count). The third-order valence-corrected chi connectivity index (χ3v) is 2.59. The summed E-state index contributed by atoms with van der Waals surface area (Å²) in [6, 6.07) is 2.45. The summed E-state index contributed by atoms with van der Waals surface area (Å²) in [5.41, 5.74) is 0.0362. The molecule has 0 bridgehead atoms. The van der Waals surface area contributed by atoms with Crippen LogP contribution in [0.25, 0.3) is 0 Å². The molecule has 1 amide bonds.